The predicted molar refractivity (Wildman–Crippen MR) is 126 cm³/mol. The Morgan fingerprint density at radius 1 is 1.13 bits per heavy atom. The van der Waals surface area contributed by atoms with Gasteiger partial charge in [-0.3, -0.25) is 9.59 Å². The summed E-state index contributed by atoms with van der Waals surface area (Å²) in [6.45, 7) is 9.59. The molecular weight excluding hydrogens is 512 g/mol. The molecule has 0 bridgehead atoms. The highest BCUT2D eigenvalue weighted by molar-refractivity contribution is 9.10. The smallest absolute Gasteiger partial charge is 0.261 e. The Kier molecular flexibility index (Phi) is 8.50. The monoisotopic (exact) mass is 538 g/mol. The number of amides is 2. The Hall–Kier alpha value is -1.86. The van der Waals surface area contributed by atoms with Crippen LogP contribution in [-0.4, -0.2) is 34.9 Å². The highest BCUT2D eigenvalue weighted by Crippen LogP contribution is 2.22. The summed E-state index contributed by atoms with van der Waals surface area (Å²) in [5.41, 5.74) is 1.55. The normalized spacial score (nSPS) is 12.2. The Labute approximate surface area is 195 Å². The van der Waals surface area contributed by atoms with Crippen molar-refractivity contribution in [3.05, 3.63) is 62.5 Å². The van der Waals surface area contributed by atoms with Gasteiger partial charge in [-0.1, -0.05) is 44.0 Å². The molecule has 30 heavy (non-hydrogen) atoms. The first-order valence-corrected chi connectivity index (χ1v) is 11.3. The van der Waals surface area contributed by atoms with Gasteiger partial charge in [-0.2, -0.15) is 0 Å². The van der Waals surface area contributed by atoms with Crippen molar-refractivity contribution in [2.24, 2.45) is 0 Å². The summed E-state index contributed by atoms with van der Waals surface area (Å²) in [4.78, 5) is 27.4. The lowest BCUT2D eigenvalue weighted by Gasteiger charge is -2.31. The number of nitrogens with one attached hydrogen (secondary N) is 1. The molecule has 0 saturated carbocycles. The molecule has 0 heterocycles. The van der Waals surface area contributed by atoms with Gasteiger partial charge in [0.2, 0.25) is 5.91 Å². The fourth-order valence-electron chi connectivity index (χ4n) is 2.82. The quantitative estimate of drug-likeness (QED) is 0.524. The van der Waals surface area contributed by atoms with Gasteiger partial charge < -0.3 is 15.0 Å². The van der Waals surface area contributed by atoms with Crippen LogP contribution in [0, 0.1) is 6.92 Å². The number of benzene rings is 2. The molecule has 2 amide bonds. The minimum Gasteiger partial charge on any atom is -0.484 e. The lowest BCUT2D eigenvalue weighted by molar-refractivity contribution is -0.142. The summed E-state index contributed by atoms with van der Waals surface area (Å²) < 4.78 is 7.62. The van der Waals surface area contributed by atoms with Crippen molar-refractivity contribution in [3.63, 3.8) is 0 Å². The molecule has 0 aliphatic carbocycles. The summed E-state index contributed by atoms with van der Waals surface area (Å²) in [6, 6.07) is 12.6. The molecular formula is C23H28Br2N2O3. The van der Waals surface area contributed by atoms with Gasteiger partial charge in [-0.05, 0) is 76.1 Å². The molecule has 0 aromatic heterocycles. The maximum atomic E-state index is 13.1. The summed E-state index contributed by atoms with van der Waals surface area (Å²) in [5, 5.41) is 2.95. The Balaban J connectivity index is 2.18. The van der Waals surface area contributed by atoms with E-state index in [0.717, 1.165) is 20.1 Å². The van der Waals surface area contributed by atoms with Gasteiger partial charge >= 0.3 is 0 Å². The number of carbonyl (C=O) groups is 2. The van der Waals surface area contributed by atoms with Crippen LogP contribution in [0.25, 0.3) is 0 Å². The molecule has 0 aliphatic rings. The Bertz CT molecular complexity index is 910. The molecule has 0 radical (unpaired) electrons. The first kappa shape index (κ1) is 24.4. The lowest BCUT2D eigenvalue weighted by Crippen LogP contribution is -2.53. The third-order valence-electron chi connectivity index (χ3n) is 4.40. The zero-order chi connectivity index (χ0) is 22.5. The van der Waals surface area contributed by atoms with Crippen LogP contribution in [0.4, 0.5) is 0 Å². The van der Waals surface area contributed by atoms with E-state index >= 15 is 0 Å². The SMILES string of the molecule is Cc1cc(OCC(=O)N(Cc2cccc(Br)c2)C(C)C(=O)NC(C)(C)C)ccc1Br. The van der Waals surface area contributed by atoms with Crippen molar-refractivity contribution >= 4 is 43.7 Å². The number of aryl methyl sites for hydroxylation is 1. The molecule has 7 heteroatoms. The van der Waals surface area contributed by atoms with Crippen LogP contribution in [-0.2, 0) is 16.1 Å². The largest absolute Gasteiger partial charge is 0.484 e. The highest BCUT2D eigenvalue weighted by Gasteiger charge is 2.28. The third-order valence-corrected chi connectivity index (χ3v) is 5.78. The standard InChI is InChI=1S/C23H28Br2N2O3/c1-15-11-19(9-10-20(15)25)30-14-21(28)27(13-17-7-6-8-18(24)12-17)16(2)22(29)26-23(3,4)5/h6-12,16H,13-14H2,1-5H3,(H,26,29). The molecule has 0 spiro atoms. The van der Waals surface area contributed by atoms with E-state index in [2.05, 4.69) is 37.2 Å². The van der Waals surface area contributed by atoms with E-state index in [1.165, 1.54) is 0 Å². The van der Waals surface area contributed by atoms with E-state index in [-0.39, 0.29) is 24.0 Å². The predicted octanol–water partition coefficient (Wildman–Crippen LogP) is 5.23. The minimum absolute atomic E-state index is 0.151. The number of carbonyl (C=O) groups excluding carboxylic acids is 2. The van der Waals surface area contributed by atoms with Gasteiger partial charge in [0, 0.05) is 21.0 Å². The van der Waals surface area contributed by atoms with Crippen LogP contribution in [0.5, 0.6) is 5.75 Å². The van der Waals surface area contributed by atoms with Crippen molar-refractivity contribution in [2.75, 3.05) is 6.61 Å². The van der Waals surface area contributed by atoms with Gasteiger partial charge in [0.25, 0.3) is 5.91 Å². The van der Waals surface area contributed by atoms with Crippen LogP contribution in [0.2, 0.25) is 0 Å². The van der Waals surface area contributed by atoms with Crippen LogP contribution < -0.4 is 10.1 Å². The van der Waals surface area contributed by atoms with Crippen molar-refractivity contribution < 1.29 is 14.3 Å². The Morgan fingerprint density at radius 3 is 2.43 bits per heavy atom. The van der Waals surface area contributed by atoms with Crippen molar-refractivity contribution in [1.29, 1.82) is 0 Å². The second-order valence-electron chi connectivity index (χ2n) is 8.27. The zero-order valence-electron chi connectivity index (χ0n) is 18.0. The average Bonchev–Trinajstić information content (AvgIpc) is 2.65. The molecule has 2 aromatic carbocycles. The maximum Gasteiger partial charge on any atom is 0.261 e. The topological polar surface area (TPSA) is 58.6 Å². The molecule has 1 N–H and O–H groups in total. The summed E-state index contributed by atoms with van der Waals surface area (Å²) in [7, 11) is 0. The maximum absolute atomic E-state index is 13.1. The highest BCUT2D eigenvalue weighted by atomic mass is 79.9. The summed E-state index contributed by atoms with van der Waals surface area (Å²) >= 11 is 6.91. The third kappa shape index (κ3) is 7.43. The number of rotatable bonds is 7. The second kappa shape index (κ2) is 10.4. The molecule has 0 saturated heterocycles. The zero-order valence-corrected chi connectivity index (χ0v) is 21.1. The molecule has 2 aromatic rings. The average molecular weight is 540 g/mol. The molecule has 0 aliphatic heterocycles. The molecule has 162 valence electrons. The van der Waals surface area contributed by atoms with Gasteiger partial charge in [0.05, 0.1) is 0 Å². The number of hydrogen-bond donors (Lipinski definition) is 1. The number of halogens is 2. The van der Waals surface area contributed by atoms with Crippen molar-refractivity contribution in [3.8, 4) is 5.75 Å². The molecule has 1 atom stereocenters. The molecule has 2 rings (SSSR count). The molecule has 1 unspecified atom stereocenters. The van der Waals surface area contributed by atoms with E-state index < -0.39 is 6.04 Å². The van der Waals surface area contributed by atoms with E-state index in [0.29, 0.717) is 12.3 Å². The van der Waals surface area contributed by atoms with Crippen LogP contribution in [0.15, 0.2) is 51.4 Å². The first-order valence-electron chi connectivity index (χ1n) is 9.71. The van der Waals surface area contributed by atoms with Crippen LogP contribution in [0.3, 0.4) is 0 Å². The van der Waals surface area contributed by atoms with Crippen molar-refractivity contribution in [1.82, 2.24) is 10.2 Å². The van der Waals surface area contributed by atoms with Gasteiger partial charge in [-0.25, -0.2) is 0 Å². The number of ether oxygens (including phenoxy) is 1. The second-order valence-corrected chi connectivity index (χ2v) is 10.0. The van der Waals surface area contributed by atoms with Gasteiger partial charge in [0.1, 0.15) is 11.8 Å². The number of nitrogens with zero attached hydrogens (tertiary/aromatic N) is 1. The summed E-state index contributed by atoms with van der Waals surface area (Å²) in [5.74, 6) is 0.149. The minimum atomic E-state index is -0.647. The fraction of sp³-hybridized carbons (Fsp3) is 0.391. The number of hydrogen-bond acceptors (Lipinski definition) is 3. The van der Waals surface area contributed by atoms with E-state index in [1.54, 1.807) is 17.9 Å². The Morgan fingerprint density at radius 2 is 1.83 bits per heavy atom. The van der Waals surface area contributed by atoms with Crippen LogP contribution >= 0.6 is 31.9 Å². The van der Waals surface area contributed by atoms with E-state index in [9.17, 15) is 9.59 Å². The van der Waals surface area contributed by atoms with E-state index in [1.807, 2.05) is 64.1 Å². The van der Waals surface area contributed by atoms with Crippen molar-refractivity contribution in [2.45, 2.75) is 52.7 Å². The summed E-state index contributed by atoms with van der Waals surface area (Å²) in [6.07, 6.45) is 0. The van der Waals surface area contributed by atoms with Gasteiger partial charge in [0.15, 0.2) is 6.61 Å². The lowest BCUT2D eigenvalue weighted by atomic mass is 10.1. The fourth-order valence-corrected chi connectivity index (χ4v) is 3.52. The first-order chi connectivity index (χ1) is 14.0. The van der Waals surface area contributed by atoms with Gasteiger partial charge in [-0.15, -0.1) is 0 Å². The van der Waals surface area contributed by atoms with Crippen LogP contribution in [0.1, 0.15) is 38.8 Å². The van der Waals surface area contributed by atoms with E-state index in [4.69, 9.17) is 4.74 Å². The molecule has 0 fully saturated rings. The molecule has 5 nitrogen and oxygen atoms in total.